The largest absolute Gasteiger partial charge is 0.118 e. The summed E-state index contributed by atoms with van der Waals surface area (Å²) in [4.78, 5) is -0.540. The molecule has 2 rings (SSSR count). The Morgan fingerprint density at radius 1 is 0.900 bits per heavy atom. The molecule has 1 unspecified atom stereocenters. The van der Waals surface area contributed by atoms with Crippen molar-refractivity contribution in [2.75, 3.05) is 0 Å². The molecule has 0 heterocycles. The summed E-state index contributed by atoms with van der Waals surface area (Å²) < 4.78 is 0. The first kappa shape index (κ1) is 16.0. The van der Waals surface area contributed by atoms with Gasteiger partial charge in [-0.1, -0.05) is 54.4 Å². The molecule has 0 nitrogen and oxygen atoms in total. The highest BCUT2D eigenvalue weighted by atomic mass is 35.5. The van der Waals surface area contributed by atoms with Gasteiger partial charge >= 0.3 is 0 Å². The van der Waals surface area contributed by atoms with Gasteiger partial charge < -0.3 is 0 Å². The molecule has 0 N–H and O–H groups in total. The topological polar surface area (TPSA) is 0 Å². The number of aryl methyl sites for hydroxylation is 1. The Labute approximate surface area is 139 Å². The first-order chi connectivity index (χ1) is 9.52. The Balaban J connectivity index is 2.45. The summed E-state index contributed by atoms with van der Waals surface area (Å²) in [5.74, 6) is -0.0989. The van der Waals surface area contributed by atoms with E-state index in [4.69, 9.17) is 46.4 Å². The van der Waals surface area contributed by atoms with Gasteiger partial charge in [0.05, 0.1) is 0 Å². The summed E-state index contributed by atoms with van der Waals surface area (Å²) in [7, 11) is 0. The lowest BCUT2D eigenvalue weighted by atomic mass is 9.91. The van der Waals surface area contributed by atoms with Crippen molar-refractivity contribution in [3.63, 3.8) is 0 Å². The summed E-state index contributed by atoms with van der Waals surface area (Å²) in [5.41, 5.74) is 3.19. The van der Waals surface area contributed by atoms with Crippen molar-refractivity contribution in [3.8, 4) is 0 Å². The Hall–Kier alpha value is -0.400. The lowest BCUT2D eigenvalue weighted by Gasteiger charge is -2.20. The number of rotatable bonds is 4. The van der Waals surface area contributed by atoms with Crippen molar-refractivity contribution in [1.82, 2.24) is 0 Å². The minimum absolute atomic E-state index is 0.0989. The third-order valence-electron chi connectivity index (χ3n) is 3.29. The second kappa shape index (κ2) is 7.04. The quantitative estimate of drug-likeness (QED) is 0.554. The van der Waals surface area contributed by atoms with Crippen molar-refractivity contribution in [3.05, 3.63) is 69.2 Å². The number of hydrogen-bond acceptors (Lipinski definition) is 0. The molecule has 1 atom stereocenters. The van der Waals surface area contributed by atoms with E-state index in [1.165, 1.54) is 0 Å². The molecule has 0 fully saturated rings. The van der Waals surface area contributed by atoms with Gasteiger partial charge in [-0.3, -0.25) is 0 Å². The van der Waals surface area contributed by atoms with Gasteiger partial charge in [0.25, 0.3) is 0 Å². The summed E-state index contributed by atoms with van der Waals surface area (Å²) in [6.07, 6.45) is 0.870. The third kappa shape index (κ3) is 3.62. The Bertz CT molecular complexity index is 576. The van der Waals surface area contributed by atoms with Crippen LogP contribution < -0.4 is 0 Å². The molecule has 0 bridgehead atoms. The molecule has 0 aromatic heterocycles. The zero-order valence-corrected chi connectivity index (χ0v) is 13.9. The average Bonchev–Trinajstić information content (AvgIpc) is 2.42. The SMILES string of the molecule is CCc1cc(C(c2ccc(Cl)cc2)C(Cl)Cl)ccc1Cl. The fourth-order valence-corrected chi connectivity index (χ4v) is 3.17. The number of alkyl halides is 2. The standard InChI is InChI=1S/C16H14Cl4/c1-2-10-9-12(5-8-14(10)18)15(16(19)20)11-3-6-13(17)7-4-11/h3-9,15-16H,2H2,1H3. The van der Waals surface area contributed by atoms with Crippen LogP contribution in [-0.4, -0.2) is 4.84 Å². The van der Waals surface area contributed by atoms with E-state index in [1.54, 1.807) is 0 Å². The van der Waals surface area contributed by atoms with Crippen molar-refractivity contribution in [2.45, 2.75) is 24.1 Å². The Morgan fingerprint density at radius 2 is 1.50 bits per heavy atom. The lowest BCUT2D eigenvalue weighted by molar-refractivity contribution is 0.882. The van der Waals surface area contributed by atoms with Gasteiger partial charge in [-0.2, -0.15) is 0 Å². The molecular weight excluding hydrogens is 334 g/mol. The van der Waals surface area contributed by atoms with E-state index in [9.17, 15) is 0 Å². The van der Waals surface area contributed by atoms with E-state index in [-0.39, 0.29) is 5.92 Å². The van der Waals surface area contributed by atoms with Crippen LogP contribution in [0.25, 0.3) is 0 Å². The summed E-state index contributed by atoms with van der Waals surface area (Å²) >= 11 is 24.5. The van der Waals surface area contributed by atoms with Gasteiger partial charge in [-0.05, 0) is 41.3 Å². The molecule has 4 heteroatoms. The lowest BCUT2D eigenvalue weighted by Crippen LogP contribution is -2.09. The highest BCUT2D eigenvalue weighted by molar-refractivity contribution is 6.45. The molecule has 106 valence electrons. The average molecular weight is 348 g/mol. The molecule has 20 heavy (non-hydrogen) atoms. The molecule has 0 amide bonds. The van der Waals surface area contributed by atoms with E-state index in [0.29, 0.717) is 5.02 Å². The minimum atomic E-state index is -0.540. The summed E-state index contributed by atoms with van der Waals surface area (Å²) in [6.45, 7) is 2.07. The number of hydrogen-bond donors (Lipinski definition) is 0. The van der Waals surface area contributed by atoms with Gasteiger partial charge in [0, 0.05) is 16.0 Å². The van der Waals surface area contributed by atoms with Crippen LogP contribution in [0.5, 0.6) is 0 Å². The monoisotopic (exact) mass is 346 g/mol. The van der Waals surface area contributed by atoms with Gasteiger partial charge in [0.15, 0.2) is 0 Å². The van der Waals surface area contributed by atoms with E-state index in [1.807, 2.05) is 36.4 Å². The van der Waals surface area contributed by atoms with Crippen LogP contribution in [0.15, 0.2) is 42.5 Å². The maximum atomic E-state index is 6.19. The summed E-state index contributed by atoms with van der Waals surface area (Å²) in [6, 6.07) is 13.5. The van der Waals surface area contributed by atoms with Crippen LogP contribution in [0.4, 0.5) is 0 Å². The molecule has 0 aliphatic carbocycles. The number of halogens is 4. The maximum absolute atomic E-state index is 6.19. The minimum Gasteiger partial charge on any atom is -0.104 e. The molecule has 0 radical (unpaired) electrons. The van der Waals surface area contributed by atoms with Crippen molar-refractivity contribution in [2.24, 2.45) is 0 Å². The van der Waals surface area contributed by atoms with Crippen LogP contribution in [-0.2, 0) is 6.42 Å². The fraction of sp³-hybridized carbons (Fsp3) is 0.250. The van der Waals surface area contributed by atoms with E-state index in [2.05, 4.69) is 13.0 Å². The number of benzene rings is 2. The first-order valence-corrected chi connectivity index (χ1v) is 7.97. The van der Waals surface area contributed by atoms with E-state index in [0.717, 1.165) is 28.1 Å². The zero-order valence-electron chi connectivity index (χ0n) is 10.9. The van der Waals surface area contributed by atoms with Crippen molar-refractivity contribution < 1.29 is 0 Å². The molecule has 0 saturated carbocycles. The molecule has 0 aliphatic heterocycles. The van der Waals surface area contributed by atoms with E-state index < -0.39 is 4.84 Å². The Morgan fingerprint density at radius 3 is 2.05 bits per heavy atom. The van der Waals surface area contributed by atoms with Gasteiger partial charge in [0.1, 0.15) is 4.84 Å². The van der Waals surface area contributed by atoms with E-state index >= 15 is 0 Å². The Kier molecular flexibility index (Phi) is 5.63. The predicted octanol–water partition coefficient (Wildman–Crippen LogP) is 6.49. The highest BCUT2D eigenvalue weighted by Gasteiger charge is 2.22. The molecule has 0 aliphatic rings. The van der Waals surface area contributed by atoms with Gasteiger partial charge in [-0.25, -0.2) is 0 Å². The fourth-order valence-electron chi connectivity index (χ4n) is 2.21. The first-order valence-electron chi connectivity index (χ1n) is 6.35. The molecule has 2 aromatic rings. The summed E-state index contributed by atoms with van der Waals surface area (Å²) in [5, 5.41) is 1.46. The van der Waals surface area contributed by atoms with Crippen molar-refractivity contribution >= 4 is 46.4 Å². The second-order valence-corrected chi connectivity index (χ2v) is 6.58. The van der Waals surface area contributed by atoms with Gasteiger partial charge in [0.2, 0.25) is 0 Å². The highest BCUT2D eigenvalue weighted by Crippen LogP contribution is 2.35. The van der Waals surface area contributed by atoms with Crippen LogP contribution in [0.2, 0.25) is 10.0 Å². The van der Waals surface area contributed by atoms with Crippen LogP contribution in [0.3, 0.4) is 0 Å². The smallest absolute Gasteiger partial charge is 0.104 e. The third-order valence-corrected chi connectivity index (χ3v) is 4.42. The maximum Gasteiger partial charge on any atom is 0.118 e. The van der Waals surface area contributed by atoms with Gasteiger partial charge in [-0.15, -0.1) is 23.2 Å². The zero-order chi connectivity index (χ0) is 14.7. The van der Waals surface area contributed by atoms with Crippen LogP contribution >= 0.6 is 46.4 Å². The normalized spacial score (nSPS) is 12.7. The predicted molar refractivity (Wildman–Crippen MR) is 89.6 cm³/mol. The van der Waals surface area contributed by atoms with Crippen LogP contribution in [0.1, 0.15) is 29.5 Å². The van der Waals surface area contributed by atoms with Crippen molar-refractivity contribution in [1.29, 1.82) is 0 Å². The molecule has 0 spiro atoms. The molecule has 0 saturated heterocycles. The molecular formula is C16H14Cl4. The second-order valence-electron chi connectivity index (χ2n) is 4.57. The molecule has 2 aromatic carbocycles. The van der Waals surface area contributed by atoms with Crippen LogP contribution in [0, 0.1) is 0 Å².